The van der Waals surface area contributed by atoms with Crippen LogP contribution in [0.25, 0.3) is 0 Å². The monoisotopic (exact) mass is 641 g/mol. The van der Waals surface area contributed by atoms with Crippen molar-refractivity contribution in [3.8, 4) is 11.5 Å². The van der Waals surface area contributed by atoms with E-state index in [0.29, 0.717) is 31.3 Å². The molecular formula is C36H39N3O6S. The quantitative estimate of drug-likeness (QED) is 0.219. The second-order valence-corrected chi connectivity index (χ2v) is 13.4. The molecule has 1 unspecified atom stereocenters. The molecular weight excluding hydrogens is 602 g/mol. The van der Waals surface area contributed by atoms with E-state index in [2.05, 4.69) is 5.32 Å². The Morgan fingerprint density at radius 1 is 0.783 bits per heavy atom. The van der Waals surface area contributed by atoms with Gasteiger partial charge in [-0.1, -0.05) is 92.7 Å². The average molecular weight is 642 g/mol. The maximum absolute atomic E-state index is 14.6. The van der Waals surface area contributed by atoms with E-state index in [9.17, 15) is 18.0 Å². The Kier molecular flexibility index (Phi) is 10.6. The molecule has 0 saturated carbocycles. The van der Waals surface area contributed by atoms with Gasteiger partial charge in [0, 0.05) is 25.6 Å². The zero-order chi connectivity index (χ0) is 32.5. The van der Waals surface area contributed by atoms with Crippen LogP contribution in [-0.4, -0.2) is 57.5 Å². The van der Waals surface area contributed by atoms with E-state index >= 15 is 0 Å². The highest BCUT2D eigenvalue weighted by Crippen LogP contribution is 2.36. The molecule has 0 spiro atoms. The normalized spacial score (nSPS) is 13.1. The van der Waals surface area contributed by atoms with Crippen molar-refractivity contribution < 1.29 is 27.5 Å². The Hall–Kier alpha value is -4.83. The Morgan fingerprint density at radius 3 is 2.00 bits per heavy atom. The van der Waals surface area contributed by atoms with Crippen molar-refractivity contribution in [3.63, 3.8) is 0 Å². The van der Waals surface area contributed by atoms with Crippen molar-refractivity contribution in [2.75, 3.05) is 30.6 Å². The predicted octanol–water partition coefficient (Wildman–Crippen LogP) is 5.07. The summed E-state index contributed by atoms with van der Waals surface area (Å²) in [7, 11) is -4.22. The molecule has 1 atom stereocenters. The molecule has 4 aromatic rings. The average Bonchev–Trinajstić information content (AvgIpc) is 3.08. The van der Waals surface area contributed by atoms with E-state index < -0.39 is 28.5 Å². The van der Waals surface area contributed by atoms with Gasteiger partial charge in [0.1, 0.15) is 25.8 Å². The Balaban J connectivity index is 1.56. The number of hydrogen-bond donors (Lipinski definition) is 1. The fraction of sp³-hybridized carbons (Fsp3) is 0.278. The Labute approximate surface area is 270 Å². The molecule has 0 fully saturated rings. The van der Waals surface area contributed by atoms with Crippen molar-refractivity contribution in [1.29, 1.82) is 0 Å². The van der Waals surface area contributed by atoms with Crippen LogP contribution in [0.3, 0.4) is 0 Å². The van der Waals surface area contributed by atoms with Crippen molar-refractivity contribution in [1.82, 2.24) is 10.2 Å². The summed E-state index contributed by atoms with van der Waals surface area (Å²) >= 11 is 0. The number of hydrogen-bond acceptors (Lipinski definition) is 6. The molecule has 0 bridgehead atoms. The van der Waals surface area contributed by atoms with Crippen LogP contribution in [-0.2, 0) is 32.6 Å². The summed E-state index contributed by atoms with van der Waals surface area (Å²) in [4.78, 5) is 29.9. The first-order chi connectivity index (χ1) is 22.2. The number of rotatable bonds is 13. The van der Waals surface area contributed by atoms with Crippen LogP contribution in [0.2, 0.25) is 0 Å². The molecule has 0 saturated heterocycles. The first kappa shape index (κ1) is 32.6. The lowest BCUT2D eigenvalue weighted by Crippen LogP contribution is -2.53. The molecule has 0 radical (unpaired) electrons. The number of benzene rings is 4. The minimum absolute atomic E-state index is 0.0304. The molecule has 1 aliphatic rings. The molecule has 46 heavy (non-hydrogen) atoms. The fourth-order valence-electron chi connectivity index (χ4n) is 5.19. The van der Waals surface area contributed by atoms with E-state index in [1.54, 1.807) is 36.4 Å². The second-order valence-electron chi connectivity index (χ2n) is 11.5. The number of amides is 2. The second kappa shape index (κ2) is 15.0. The van der Waals surface area contributed by atoms with Gasteiger partial charge in [-0.2, -0.15) is 0 Å². The van der Waals surface area contributed by atoms with E-state index in [0.717, 1.165) is 15.4 Å². The molecule has 5 rings (SSSR count). The summed E-state index contributed by atoms with van der Waals surface area (Å²) in [6, 6.07) is 30.7. The van der Waals surface area contributed by atoms with Gasteiger partial charge >= 0.3 is 0 Å². The van der Waals surface area contributed by atoms with E-state index in [1.807, 2.05) is 74.5 Å². The van der Waals surface area contributed by atoms with Crippen LogP contribution in [0.4, 0.5) is 5.69 Å². The summed E-state index contributed by atoms with van der Waals surface area (Å²) in [5.41, 5.74) is 1.92. The lowest BCUT2D eigenvalue weighted by Gasteiger charge is -2.34. The summed E-state index contributed by atoms with van der Waals surface area (Å²) in [5.74, 6) is 0.244. The van der Waals surface area contributed by atoms with E-state index in [4.69, 9.17) is 9.47 Å². The lowest BCUT2D eigenvalue weighted by molar-refractivity contribution is -0.140. The Bertz CT molecular complexity index is 1720. The van der Waals surface area contributed by atoms with E-state index in [-0.39, 0.29) is 35.4 Å². The summed E-state index contributed by atoms with van der Waals surface area (Å²) in [6.45, 7) is 4.69. The van der Waals surface area contributed by atoms with Gasteiger partial charge in [0.15, 0.2) is 11.5 Å². The minimum atomic E-state index is -4.22. The highest BCUT2D eigenvalue weighted by atomic mass is 32.2. The SMILES string of the molecule is CC(C)CNC(=O)C(Cc1ccccc1)N(Cc1ccccc1)C(=O)CN(c1ccc2c(c1)OCCO2)S(=O)(=O)c1ccccc1. The van der Waals surface area contributed by atoms with Gasteiger partial charge in [-0.15, -0.1) is 0 Å². The smallest absolute Gasteiger partial charge is 0.264 e. The van der Waals surface area contributed by atoms with Crippen molar-refractivity contribution >= 4 is 27.5 Å². The van der Waals surface area contributed by atoms with Gasteiger partial charge in [0.2, 0.25) is 11.8 Å². The third-order valence-electron chi connectivity index (χ3n) is 7.58. The van der Waals surface area contributed by atoms with Gasteiger partial charge in [0.05, 0.1) is 10.6 Å². The maximum Gasteiger partial charge on any atom is 0.264 e. The van der Waals surface area contributed by atoms with Crippen LogP contribution in [0.1, 0.15) is 25.0 Å². The van der Waals surface area contributed by atoms with Gasteiger partial charge in [-0.25, -0.2) is 8.42 Å². The highest BCUT2D eigenvalue weighted by molar-refractivity contribution is 7.92. The van der Waals surface area contributed by atoms with Crippen LogP contribution in [0, 0.1) is 5.92 Å². The van der Waals surface area contributed by atoms with Gasteiger partial charge < -0.3 is 19.7 Å². The molecule has 0 aliphatic carbocycles. The number of anilines is 1. The van der Waals surface area contributed by atoms with Gasteiger partial charge in [-0.3, -0.25) is 13.9 Å². The van der Waals surface area contributed by atoms with Gasteiger partial charge in [-0.05, 0) is 41.3 Å². The third-order valence-corrected chi connectivity index (χ3v) is 9.36. The summed E-state index contributed by atoms with van der Waals surface area (Å²) in [6.07, 6.45) is 0.249. The standard InChI is InChI=1S/C36H39N3O6S/c1-27(2)24-37-36(41)32(22-28-12-6-3-7-13-28)38(25-29-14-8-4-9-15-29)35(40)26-39(46(42,43)31-16-10-5-11-17-31)30-18-19-33-34(23-30)45-21-20-44-33/h3-19,23,27,32H,20-22,24-26H2,1-2H3,(H,37,41). The number of ether oxygens (including phenoxy) is 2. The molecule has 9 nitrogen and oxygen atoms in total. The topological polar surface area (TPSA) is 105 Å². The van der Waals surface area contributed by atoms with Crippen molar-refractivity contribution in [2.45, 2.75) is 37.8 Å². The van der Waals surface area contributed by atoms with Crippen molar-refractivity contribution in [3.05, 3.63) is 120 Å². The summed E-state index contributed by atoms with van der Waals surface area (Å²) < 4.78 is 40.9. The molecule has 1 N–H and O–H groups in total. The van der Waals surface area contributed by atoms with Gasteiger partial charge in [0.25, 0.3) is 10.0 Å². The fourth-order valence-corrected chi connectivity index (χ4v) is 6.62. The van der Waals surface area contributed by atoms with Crippen molar-refractivity contribution in [2.24, 2.45) is 5.92 Å². The van der Waals surface area contributed by atoms with Crippen LogP contribution < -0.4 is 19.1 Å². The number of nitrogens with one attached hydrogen (secondary N) is 1. The zero-order valence-corrected chi connectivity index (χ0v) is 26.9. The highest BCUT2D eigenvalue weighted by Gasteiger charge is 2.35. The van der Waals surface area contributed by atoms with Crippen LogP contribution in [0.15, 0.2) is 114 Å². The molecule has 10 heteroatoms. The molecule has 0 aromatic heterocycles. The number of carbonyl (C=O) groups is 2. The maximum atomic E-state index is 14.6. The molecule has 1 heterocycles. The zero-order valence-electron chi connectivity index (χ0n) is 26.0. The molecule has 2 amide bonds. The molecule has 1 aliphatic heterocycles. The van der Waals surface area contributed by atoms with Crippen LogP contribution >= 0.6 is 0 Å². The largest absolute Gasteiger partial charge is 0.486 e. The van der Waals surface area contributed by atoms with E-state index in [1.165, 1.54) is 17.0 Å². The number of fused-ring (bicyclic) bond motifs is 1. The minimum Gasteiger partial charge on any atom is -0.486 e. The summed E-state index contributed by atoms with van der Waals surface area (Å²) in [5, 5.41) is 3.00. The first-order valence-electron chi connectivity index (χ1n) is 15.3. The van der Waals surface area contributed by atoms with Crippen LogP contribution in [0.5, 0.6) is 11.5 Å². The third kappa shape index (κ3) is 8.06. The number of sulfonamides is 1. The Morgan fingerprint density at radius 2 is 1.37 bits per heavy atom. The lowest BCUT2D eigenvalue weighted by atomic mass is 10.0. The first-order valence-corrected chi connectivity index (χ1v) is 16.8. The number of carbonyl (C=O) groups excluding carboxylic acids is 2. The number of nitrogens with zero attached hydrogens (tertiary/aromatic N) is 2. The predicted molar refractivity (Wildman–Crippen MR) is 177 cm³/mol. The molecule has 240 valence electrons. The molecule has 4 aromatic carbocycles.